The van der Waals surface area contributed by atoms with Crippen LogP contribution in [0.4, 0.5) is 11.4 Å². The number of nitrogens with one attached hydrogen (secondary N) is 1. The van der Waals surface area contributed by atoms with Crippen LogP contribution in [0, 0.1) is 0 Å². The predicted octanol–water partition coefficient (Wildman–Crippen LogP) is 3.97. The summed E-state index contributed by atoms with van der Waals surface area (Å²) in [7, 11) is 2.14. The average Bonchev–Trinajstić information content (AvgIpc) is 2.65. The summed E-state index contributed by atoms with van der Waals surface area (Å²) >= 11 is 8.06. The van der Waals surface area contributed by atoms with Gasteiger partial charge in [-0.15, -0.1) is 0 Å². The van der Waals surface area contributed by atoms with Gasteiger partial charge in [0.05, 0.1) is 11.4 Å². The van der Waals surface area contributed by atoms with Gasteiger partial charge in [0.2, 0.25) is 0 Å². The van der Waals surface area contributed by atoms with E-state index in [0.29, 0.717) is 0 Å². The standard InChI is InChI=1S/C19H23ClN4OS/c1-14(21-25-23-11-9-22(2)10-12-23)24-16-5-3-4-6-18(16)26-19-8-7-15(20)13-17(19)24/h3-8,13-14,21H,9-12H2,1-2H3. The summed E-state index contributed by atoms with van der Waals surface area (Å²) in [6.45, 7) is 5.92. The Morgan fingerprint density at radius 1 is 1.04 bits per heavy atom. The van der Waals surface area contributed by atoms with Crippen LogP contribution in [0.2, 0.25) is 5.02 Å². The first-order chi connectivity index (χ1) is 12.6. The average molecular weight is 391 g/mol. The molecular weight excluding hydrogens is 368 g/mol. The van der Waals surface area contributed by atoms with Crippen LogP contribution in [0.15, 0.2) is 52.3 Å². The third kappa shape index (κ3) is 3.71. The number of benzene rings is 2. The van der Waals surface area contributed by atoms with E-state index in [4.69, 9.17) is 16.5 Å². The highest BCUT2D eigenvalue weighted by molar-refractivity contribution is 7.99. The Bertz CT molecular complexity index is 782. The fourth-order valence-corrected chi connectivity index (χ4v) is 4.47. The lowest BCUT2D eigenvalue weighted by molar-refractivity contribution is -0.229. The van der Waals surface area contributed by atoms with Crippen LogP contribution >= 0.6 is 23.4 Å². The number of piperazine rings is 1. The van der Waals surface area contributed by atoms with Crippen molar-refractivity contribution >= 4 is 34.7 Å². The van der Waals surface area contributed by atoms with E-state index in [1.807, 2.05) is 17.2 Å². The Morgan fingerprint density at radius 3 is 2.58 bits per heavy atom. The molecule has 4 rings (SSSR count). The number of hydrogen-bond donors (Lipinski definition) is 1. The highest BCUT2D eigenvalue weighted by Gasteiger charge is 2.28. The van der Waals surface area contributed by atoms with E-state index in [1.54, 1.807) is 11.8 Å². The van der Waals surface area contributed by atoms with Crippen LogP contribution in [0.5, 0.6) is 0 Å². The van der Waals surface area contributed by atoms with Gasteiger partial charge in [-0.25, -0.2) is 4.94 Å². The van der Waals surface area contributed by atoms with E-state index in [0.717, 1.165) is 42.6 Å². The molecule has 0 aliphatic carbocycles. The van der Waals surface area contributed by atoms with Gasteiger partial charge < -0.3 is 9.80 Å². The number of halogens is 1. The molecule has 5 nitrogen and oxygen atoms in total. The van der Waals surface area contributed by atoms with Crippen LogP contribution in [0.25, 0.3) is 0 Å². The molecule has 7 heteroatoms. The molecule has 0 radical (unpaired) electrons. The van der Waals surface area contributed by atoms with Gasteiger partial charge in [-0.05, 0) is 44.3 Å². The van der Waals surface area contributed by atoms with Gasteiger partial charge in [0.1, 0.15) is 6.17 Å². The largest absolute Gasteiger partial charge is 0.321 e. The molecule has 0 bridgehead atoms. The van der Waals surface area contributed by atoms with Crippen molar-refractivity contribution < 1.29 is 4.94 Å². The van der Waals surface area contributed by atoms with Crippen LogP contribution in [-0.4, -0.2) is 49.4 Å². The number of hydrogen-bond acceptors (Lipinski definition) is 6. The third-order valence-corrected chi connectivity index (χ3v) is 6.09. The van der Waals surface area contributed by atoms with Gasteiger partial charge in [-0.2, -0.15) is 10.5 Å². The SMILES string of the molecule is CC(NON1CCN(C)CC1)N1c2ccccc2Sc2ccc(Cl)cc21. The normalized spacial score (nSPS) is 19.1. The zero-order valence-corrected chi connectivity index (χ0v) is 16.6. The van der Waals surface area contributed by atoms with E-state index in [1.165, 1.54) is 9.79 Å². The minimum absolute atomic E-state index is 0.0473. The predicted molar refractivity (Wildman–Crippen MR) is 107 cm³/mol. The highest BCUT2D eigenvalue weighted by atomic mass is 35.5. The number of likely N-dealkylation sites (N-methyl/N-ethyl adjacent to an activating group) is 1. The molecule has 1 saturated heterocycles. The molecule has 1 fully saturated rings. The smallest absolute Gasteiger partial charge is 0.106 e. The van der Waals surface area contributed by atoms with Crippen molar-refractivity contribution in [2.45, 2.75) is 22.9 Å². The summed E-state index contributed by atoms with van der Waals surface area (Å²) in [5, 5.41) is 2.72. The van der Waals surface area contributed by atoms with Crippen LogP contribution < -0.4 is 10.4 Å². The van der Waals surface area contributed by atoms with Gasteiger partial charge in [-0.1, -0.05) is 35.5 Å². The van der Waals surface area contributed by atoms with Gasteiger partial charge in [0.15, 0.2) is 0 Å². The Hall–Kier alpha value is -1.28. The van der Waals surface area contributed by atoms with Crippen molar-refractivity contribution in [1.82, 2.24) is 15.4 Å². The number of para-hydroxylation sites is 1. The molecule has 0 saturated carbocycles. The topological polar surface area (TPSA) is 31.0 Å². The second kappa shape index (κ2) is 7.76. The van der Waals surface area contributed by atoms with E-state index in [2.05, 4.69) is 59.6 Å². The number of hydroxylamine groups is 3. The highest BCUT2D eigenvalue weighted by Crippen LogP contribution is 2.49. The molecule has 2 aromatic rings. The summed E-state index contributed by atoms with van der Waals surface area (Å²) in [5.74, 6) is 0. The van der Waals surface area contributed by atoms with Gasteiger partial charge in [-0.3, -0.25) is 0 Å². The summed E-state index contributed by atoms with van der Waals surface area (Å²) in [6.07, 6.45) is -0.0473. The van der Waals surface area contributed by atoms with Crippen LogP contribution in [-0.2, 0) is 4.94 Å². The first-order valence-electron chi connectivity index (χ1n) is 8.83. The molecule has 2 aromatic carbocycles. The first kappa shape index (κ1) is 18.1. The summed E-state index contributed by atoms with van der Waals surface area (Å²) in [4.78, 5) is 12.9. The molecule has 0 spiro atoms. The van der Waals surface area contributed by atoms with Crippen molar-refractivity contribution in [1.29, 1.82) is 0 Å². The lowest BCUT2D eigenvalue weighted by atomic mass is 10.2. The monoisotopic (exact) mass is 390 g/mol. The summed E-state index contributed by atoms with van der Waals surface area (Å²) in [6, 6.07) is 14.5. The minimum Gasteiger partial charge on any atom is -0.321 e. The quantitative estimate of drug-likeness (QED) is 0.795. The Labute approximate surface area is 163 Å². The molecule has 1 unspecified atom stereocenters. The molecular formula is C19H23ClN4OS. The number of nitrogens with zero attached hydrogens (tertiary/aromatic N) is 3. The van der Waals surface area contributed by atoms with E-state index >= 15 is 0 Å². The van der Waals surface area contributed by atoms with Crippen molar-refractivity contribution in [3.8, 4) is 0 Å². The van der Waals surface area contributed by atoms with E-state index in [9.17, 15) is 0 Å². The molecule has 2 aliphatic rings. The Kier molecular flexibility index (Phi) is 5.40. The van der Waals surface area contributed by atoms with Gasteiger partial charge in [0.25, 0.3) is 0 Å². The fraction of sp³-hybridized carbons (Fsp3) is 0.368. The fourth-order valence-electron chi connectivity index (χ4n) is 3.26. The van der Waals surface area contributed by atoms with Crippen molar-refractivity contribution in [3.63, 3.8) is 0 Å². The minimum atomic E-state index is -0.0473. The third-order valence-electron chi connectivity index (χ3n) is 4.73. The lowest BCUT2D eigenvalue weighted by Crippen LogP contribution is -2.50. The molecule has 0 amide bonds. The number of fused-ring (bicyclic) bond motifs is 2. The van der Waals surface area contributed by atoms with E-state index < -0.39 is 0 Å². The van der Waals surface area contributed by atoms with Crippen molar-refractivity contribution in [2.24, 2.45) is 0 Å². The molecule has 0 aromatic heterocycles. The molecule has 2 heterocycles. The van der Waals surface area contributed by atoms with Gasteiger partial charge in [0, 0.05) is 41.0 Å². The van der Waals surface area contributed by atoms with Crippen molar-refractivity contribution in [3.05, 3.63) is 47.5 Å². The van der Waals surface area contributed by atoms with Crippen molar-refractivity contribution in [2.75, 3.05) is 38.1 Å². The summed E-state index contributed by atoms with van der Waals surface area (Å²) in [5.41, 5.74) is 5.48. The van der Waals surface area contributed by atoms with E-state index in [-0.39, 0.29) is 6.17 Å². The summed E-state index contributed by atoms with van der Waals surface area (Å²) < 4.78 is 0. The maximum atomic E-state index is 6.29. The van der Waals surface area contributed by atoms with Gasteiger partial charge >= 0.3 is 0 Å². The lowest BCUT2D eigenvalue weighted by Gasteiger charge is -2.38. The maximum absolute atomic E-state index is 6.29. The Morgan fingerprint density at radius 2 is 1.77 bits per heavy atom. The zero-order chi connectivity index (χ0) is 18.1. The first-order valence-corrected chi connectivity index (χ1v) is 10.0. The maximum Gasteiger partial charge on any atom is 0.106 e. The molecule has 1 N–H and O–H groups in total. The number of anilines is 2. The van der Waals surface area contributed by atoms with Crippen LogP contribution in [0.1, 0.15) is 6.92 Å². The molecule has 1 atom stereocenters. The molecule has 2 aliphatic heterocycles. The zero-order valence-electron chi connectivity index (χ0n) is 15.0. The number of rotatable bonds is 4. The molecule has 138 valence electrons. The second-order valence-corrected chi connectivity index (χ2v) is 8.19. The second-order valence-electron chi connectivity index (χ2n) is 6.67. The molecule has 26 heavy (non-hydrogen) atoms. The van der Waals surface area contributed by atoms with Crippen LogP contribution in [0.3, 0.4) is 0 Å². The Balaban J connectivity index is 1.55.